The molecule has 0 saturated carbocycles. The Bertz CT molecular complexity index is 411. The van der Waals surface area contributed by atoms with Crippen LogP contribution in [0.5, 0.6) is 0 Å². The highest BCUT2D eigenvalue weighted by Crippen LogP contribution is 2.30. The van der Waals surface area contributed by atoms with E-state index in [0.717, 1.165) is 12.8 Å². The molecule has 0 heterocycles. The predicted molar refractivity (Wildman–Crippen MR) is 77.2 cm³/mol. The molecule has 1 aromatic rings. The van der Waals surface area contributed by atoms with E-state index in [1.165, 1.54) is 11.1 Å². The van der Waals surface area contributed by atoms with Gasteiger partial charge >= 0.3 is 0 Å². The smallest absolute Gasteiger partial charge is 0.0898 e. The lowest BCUT2D eigenvalue weighted by Crippen LogP contribution is -2.35. The summed E-state index contributed by atoms with van der Waals surface area (Å²) < 4.78 is 5.59. The van der Waals surface area contributed by atoms with Gasteiger partial charge in [-0.15, -0.1) is 0 Å². The molecule has 2 rings (SSSR count). The first-order valence-electron chi connectivity index (χ1n) is 7.09. The first-order chi connectivity index (χ1) is 8.96. The number of hydrogen-bond acceptors (Lipinski definition) is 3. The van der Waals surface area contributed by atoms with Crippen LogP contribution in [0.15, 0.2) is 24.3 Å². The second kappa shape index (κ2) is 6.04. The van der Waals surface area contributed by atoms with Gasteiger partial charge in [-0.3, -0.25) is 0 Å². The van der Waals surface area contributed by atoms with Gasteiger partial charge in [0.2, 0.25) is 0 Å². The van der Waals surface area contributed by atoms with Gasteiger partial charge < -0.3 is 15.2 Å². The molecular formula is C16H25NO2. The van der Waals surface area contributed by atoms with Crippen molar-refractivity contribution in [2.45, 2.75) is 51.4 Å². The monoisotopic (exact) mass is 263 g/mol. The van der Waals surface area contributed by atoms with E-state index < -0.39 is 6.10 Å². The average Bonchev–Trinajstić information content (AvgIpc) is 2.76. The topological polar surface area (TPSA) is 41.5 Å². The molecule has 0 amide bonds. The first-order valence-corrected chi connectivity index (χ1v) is 7.09. The number of aryl methyl sites for hydroxylation is 1. The Morgan fingerprint density at radius 3 is 2.84 bits per heavy atom. The van der Waals surface area contributed by atoms with E-state index in [4.69, 9.17) is 4.74 Å². The molecule has 0 radical (unpaired) electrons. The molecule has 0 fully saturated rings. The van der Waals surface area contributed by atoms with Crippen LogP contribution in [0.2, 0.25) is 0 Å². The Labute approximate surface area is 116 Å². The first kappa shape index (κ1) is 14.5. The average molecular weight is 263 g/mol. The molecule has 3 nitrogen and oxygen atoms in total. The second-order valence-electron chi connectivity index (χ2n) is 6.28. The maximum Gasteiger partial charge on any atom is 0.0898 e. The van der Waals surface area contributed by atoms with Gasteiger partial charge in [0.05, 0.1) is 18.3 Å². The summed E-state index contributed by atoms with van der Waals surface area (Å²) >= 11 is 0. The van der Waals surface area contributed by atoms with E-state index in [1.807, 2.05) is 20.8 Å². The molecule has 0 aromatic heterocycles. The van der Waals surface area contributed by atoms with Gasteiger partial charge in [0.1, 0.15) is 0 Å². The molecule has 2 N–H and O–H groups in total. The van der Waals surface area contributed by atoms with Crippen LogP contribution in [0.3, 0.4) is 0 Å². The maximum absolute atomic E-state index is 9.93. The summed E-state index contributed by atoms with van der Waals surface area (Å²) in [5, 5.41) is 13.4. The lowest BCUT2D eigenvalue weighted by atomic mass is 10.1. The van der Waals surface area contributed by atoms with Gasteiger partial charge in [-0.1, -0.05) is 24.3 Å². The van der Waals surface area contributed by atoms with Crippen molar-refractivity contribution in [3.05, 3.63) is 35.4 Å². The van der Waals surface area contributed by atoms with Gasteiger partial charge in [0.25, 0.3) is 0 Å². The van der Waals surface area contributed by atoms with E-state index in [-0.39, 0.29) is 5.60 Å². The van der Waals surface area contributed by atoms with Crippen molar-refractivity contribution in [3.8, 4) is 0 Å². The number of fused-ring (bicyclic) bond motifs is 1. The molecule has 0 saturated heterocycles. The number of ether oxygens (including phenoxy) is 1. The Morgan fingerprint density at radius 1 is 1.37 bits per heavy atom. The van der Waals surface area contributed by atoms with E-state index in [9.17, 15) is 5.11 Å². The molecule has 0 spiro atoms. The Hall–Kier alpha value is -0.900. The van der Waals surface area contributed by atoms with Gasteiger partial charge in [-0.2, -0.15) is 0 Å². The van der Waals surface area contributed by atoms with E-state index >= 15 is 0 Å². The molecule has 2 atom stereocenters. The number of aliphatic hydroxyl groups is 1. The molecule has 0 bridgehead atoms. The lowest BCUT2D eigenvalue weighted by molar-refractivity contribution is -0.0483. The van der Waals surface area contributed by atoms with Crippen molar-refractivity contribution in [3.63, 3.8) is 0 Å². The van der Waals surface area contributed by atoms with Crippen LogP contribution >= 0.6 is 0 Å². The molecule has 1 aromatic carbocycles. The molecule has 106 valence electrons. The molecule has 19 heavy (non-hydrogen) atoms. The number of rotatable bonds is 5. The summed E-state index contributed by atoms with van der Waals surface area (Å²) in [7, 11) is 0. The summed E-state index contributed by atoms with van der Waals surface area (Å²) in [6, 6.07) is 8.92. The molecule has 1 aliphatic carbocycles. The fourth-order valence-corrected chi connectivity index (χ4v) is 2.45. The van der Waals surface area contributed by atoms with Crippen LogP contribution in [-0.2, 0) is 11.2 Å². The van der Waals surface area contributed by atoms with E-state index in [1.54, 1.807) is 0 Å². The number of benzene rings is 1. The standard InChI is InChI=1S/C16H25NO2/c1-16(2,3)19-11-13(18)10-17-15-9-8-12-6-4-5-7-14(12)15/h4-7,13,15,17-18H,8-11H2,1-3H3. The van der Waals surface area contributed by atoms with Crippen molar-refractivity contribution < 1.29 is 9.84 Å². The zero-order valence-electron chi connectivity index (χ0n) is 12.1. The van der Waals surface area contributed by atoms with Crippen LogP contribution in [0.4, 0.5) is 0 Å². The number of hydrogen-bond donors (Lipinski definition) is 2. The zero-order chi connectivity index (χ0) is 13.9. The number of aliphatic hydroxyl groups excluding tert-OH is 1. The van der Waals surface area contributed by atoms with Crippen molar-refractivity contribution >= 4 is 0 Å². The van der Waals surface area contributed by atoms with Crippen molar-refractivity contribution in [1.82, 2.24) is 5.32 Å². The van der Waals surface area contributed by atoms with Crippen molar-refractivity contribution in [2.24, 2.45) is 0 Å². The quantitative estimate of drug-likeness (QED) is 0.857. The fourth-order valence-electron chi connectivity index (χ4n) is 2.45. The highest BCUT2D eigenvalue weighted by atomic mass is 16.5. The van der Waals surface area contributed by atoms with Crippen LogP contribution in [-0.4, -0.2) is 30.0 Å². The van der Waals surface area contributed by atoms with E-state index in [2.05, 4.69) is 29.6 Å². The van der Waals surface area contributed by atoms with Gasteiger partial charge in [0.15, 0.2) is 0 Å². The second-order valence-corrected chi connectivity index (χ2v) is 6.28. The van der Waals surface area contributed by atoms with Gasteiger partial charge in [0, 0.05) is 12.6 Å². The van der Waals surface area contributed by atoms with Crippen molar-refractivity contribution in [2.75, 3.05) is 13.2 Å². The summed E-state index contributed by atoms with van der Waals surface area (Å²) in [5.41, 5.74) is 2.62. The van der Waals surface area contributed by atoms with Crippen LogP contribution in [0.25, 0.3) is 0 Å². The van der Waals surface area contributed by atoms with Crippen LogP contribution in [0, 0.1) is 0 Å². The van der Waals surface area contributed by atoms with Crippen LogP contribution < -0.4 is 5.32 Å². The molecule has 1 aliphatic rings. The Morgan fingerprint density at radius 2 is 2.11 bits per heavy atom. The van der Waals surface area contributed by atoms with Gasteiger partial charge in [-0.25, -0.2) is 0 Å². The summed E-state index contributed by atoms with van der Waals surface area (Å²) in [5.74, 6) is 0. The van der Waals surface area contributed by atoms with Crippen LogP contribution in [0.1, 0.15) is 44.4 Å². The lowest BCUT2D eigenvalue weighted by Gasteiger charge is -2.23. The Balaban J connectivity index is 1.78. The van der Waals surface area contributed by atoms with E-state index in [0.29, 0.717) is 19.2 Å². The normalized spacial score (nSPS) is 20.3. The van der Waals surface area contributed by atoms with Gasteiger partial charge in [-0.05, 0) is 44.7 Å². The fraction of sp³-hybridized carbons (Fsp3) is 0.625. The SMILES string of the molecule is CC(C)(C)OCC(O)CNC1CCc2ccccc21. The zero-order valence-corrected chi connectivity index (χ0v) is 12.1. The van der Waals surface area contributed by atoms with Crippen molar-refractivity contribution in [1.29, 1.82) is 0 Å². The summed E-state index contributed by atoms with van der Waals surface area (Å²) in [4.78, 5) is 0. The third-order valence-corrected chi connectivity index (χ3v) is 3.44. The summed E-state index contributed by atoms with van der Waals surface area (Å²) in [6.07, 6.45) is 1.79. The third-order valence-electron chi connectivity index (χ3n) is 3.44. The molecule has 3 heteroatoms. The predicted octanol–water partition coefficient (Wildman–Crippen LogP) is 2.44. The Kier molecular flexibility index (Phi) is 4.61. The molecular weight excluding hydrogens is 238 g/mol. The number of nitrogens with one attached hydrogen (secondary N) is 1. The third kappa shape index (κ3) is 4.30. The minimum atomic E-state index is -0.452. The maximum atomic E-state index is 9.93. The molecule has 0 aliphatic heterocycles. The highest BCUT2D eigenvalue weighted by Gasteiger charge is 2.22. The minimum Gasteiger partial charge on any atom is -0.389 e. The highest BCUT2D eigenvalue weighted by molar-refractivity contribution is 5.34. The summed E-state index contributed by atoms with van der Waals surface area (Å²) in [6.45, 7) is 6.96. The largest absolute Gasteiger partial charge is 0.389 e. The molecule has 2 unspecified atom stereocenters. The minimum absolute atomic E-state index is 0.194.